The molecule has 1 aliphatic heterocycles. The Morgan fingerprint density at radius 1 is 1.26 bits per heavy atom. The summed E-state index contributed by atoms with van der Waals surface area (Å²) >= 11 is 0. The molecule has 0 bridgehead atoms. The van der Waals surface area contributed by atoms with Crippen LogP contribution in [0.25, 0.3) is 11.0 Å². The molecule has 23 heavy (non-hydrogen) atoms. The fourth-order valence-electron chi connectivity index (χ4n) is 3.59. The number of piperidine rings is 1. The van der Waals surface area contributed by atoms with Gasteiger partial charge in [0.2, 0.25) is 0 Å². The molecule has 3 rings (SSSR count). The van der Waals surface area contributed by atoms with Gasteiger partial charge in [-0.1, -0.05) is 11.2 Å². The maximum absolute atomic E-state index is 5.73. The molecular formula is C19H29N3O. The van der Waals surface area contributed by atoms with Gasteiger partial charge in [-0.15, -0.1) is 0 Å². The highest BCUT2D eigenvalue weighted by molar-refractivity contribution is 5.83. The van der Waals surface area contributed by atoms with Gasteiger partial charge in [0, 0.05) is 17.5 Å². The van der Waals surface area contributed by atoms with Gasteiger partial charge in [-0.2, -0.15) is 0 Å². The highest BCUT2D eigenvalue weighted by Crippen LogP contribution is 2.28. The SMILES string of the molecule is Cc1ccc2c(CCC3CCN(C)CC3)noc2c1CN(C)C. The summed E-state index contributed by atoms with van der Waals surface area (Å²) in [7, 11) is 6.40. The van der Waals surface area contributed by atoms with Crippen LogP contribution in [0.5, 0.6) is 0 Å². The van der Waals surface area contributed by atoms with E-state index in [1.807, 2.05) is 0 Å². The molecule has 0 unspecified atom stereocenters. The minimum absolute atomic E-state index is 0.838. The van der Waals surface area contributed by atoms with Crippen LogP contribution in [0.15, 0.2) is 16.7 Å². The molecule has 1 aliphatic rings. The normalized spacial score (nSPS) is 17.4. The molecule has 0 amide bonds. The average Bonchev–Trinajstić information content (AvgIpc) is 2.93. The monoisotopic (exact) mass is 315 g/mol. The number of hydrogen-bond donors (Lipinski definition) is 0. The Labute approximate surface area is 139 Å². The zero-order chi connectivity index (χ0) is 16.4. The van der Waals surface area contributed by atoms with Gasteiger partial charge in [-0.25, -0.2) is 0 Å². The zero-order valence-corrected chi connectivity index (χ0v) is 14.9. The zero-order valence-electron chi connectivity index (χ0n) is 14.9. The van der Waals surface area contributed by atoms with Crippen LogP contribution >= 0.6 is 0 Å². The number of aromatic nitrogens is 1. The minimum Gasteiger partial charge on any atom is -0.356 e. The smallest absolute Gasteiger partial charge is 0.171 e. The number of hydrogen-bond acceptors (Lipinski definition) is 4. The van der Waals surface area contributed by atoms with Gasteiger partial charge in [-0.3, -0.25) is 0 Å². The number of likely N-dealkylation sites (tertiary alicyclic amines) is 1. The molecule has 1 aromatic carbocycles. The summed E-state index contributed by atoms with van der Waals surface area (Å²) in [5, 5.41) is 5.61. The second-order valence-electron chi connectivity index (χ2n) is 7.39. The lowest BCUT2D eigenvalue weighted by atomic mass is 9.91. The van der Waals surface area contributed by atoms with Crippen molar-refractivity contribution >= 4 is 11.0 Å². The number of fused-ring (bicyclic) bond motifs is 1. The van der Waals surface area contributed by atoms with Gasteiger partial charge < -0.3 is 14.3 Å². The van der Waals surface area contributed by atoms with E-state index >= 15 is 0 Å². The lowest BCUT2D eigenvalue weighted by Gasteiger charge is -2.28. The molecule has 0 spiro atoms. The highest BCUT2D eigenvalue weighted by Gasteiger charge is 2.19. The predicted octanol–water partition coefficient (Wildman–Crippen LogP) is 3.47. The Balaban J connectivity index is 1.74. The van der Waals surface area contributed by atoms with Gasteiger partial charge in [0.05, 0.1) is 5.69 Å². The second-order valence-corrected chi connectivity index (χ2v) is 7.39. The van der Waals surface area contributed by atoms with Gasteiger partial charge in [0.15, 0.2) is 5.58 Å². The van der Waals surface area contributed by atoms with E-state index in [0.29, 0.717) is 0 Å². The molecule has 2 aromatic rings. The highest BCUT2D eigenvalue weighted by atomic mass is 16.5. The summed E-state index contributed by atoms with van der Waals surface area (Å²) in [5.74, 6) is 0.838. The Morgan fingerprint density at radius 2 is 2.00 bits per heavy atom. The van der Waals surface area contributed by atoms with Crippen molar-refractivity contribution in [2.75, 3.05) is 34.2 Å². The van der Waals surface area contributed by atoms with E-state index in [1.54, 1.807) is 0 Å². The molecule has 0 saturated carbocycles. The van der Waals surface area contributed by atoms with E-state index in [2.05, 4.69) is 55.2 Å². The van der Waals surface area contributed by atoms with Gasteiger partial charge in [0.25, 0.3) is 0 Å². The first-order chi connectivity index (χ1) is 11.0. The van der Waals surface area contributed by atoms with Gasteiger partial charge in [-0.05, 0) is 84.4 Å². The van der Waals surface area contributed by atoms with E-state index in [-0.39, 0.29) is 0 Å². The van der Waals surface area contributed by atoms with Crippen molar-refractivity contribution in [2.24, 2.45) is 5.92 Å². The first kappa shape index (κ1) is 16.5. The lowest BCUT2D eigenvalue weighted by molar-refractivity contribution is 0.212. The number of aryl methyl sites for hydroxylation is 2. The molecule has 1 fully saturated rings. The number of benzene rings is 1. The average molecular weight is 315 g/mol. The van der Waals surface area contributed by atoms with E-state index in [4.69, 9.17) is 4.52 Å². The summed E-state index contributed by atoms with van der Waals surface area (Å²) in [4.78, 5) is 4.61. The largest absolute Gasteiger partial charge is 0.356 e. The minimum atomic E-state index is 0.838. The van der Waals surface area contributed by atoms with Crippen LogP contribution in [0.2, 0.25) is 0 Å². The Morgan fingerprint density at radius 3 is 2.70 bits per heavy atom. The Hall–Kier alpha value is -1.39. The molecule has 0 radical (unpaired) electrons. The van der Waals surface area contributed by atoms with E-state index in [1.165, 1.54) is 48.9 Å². The van der Waals surface area contributed by atoms with Crippen molar-refractivity contribution in [1.29, 1.82) is 0 Å². The summed E-state index contributed by atoms with van der Waals surface area (Å²) in [6.07, 6.45) is 4.90. The molecule has 2 heterocycles. The molecule has 126 valence electrons. The number of rotatable bonds is 5. The Kier molecular flexibility index (Phi) is 5.02. The van der Waals surface area contributed by atoms with Crippen molar-refractivity contribution < 1.29 is 4.52 Å². The summed E-state index contributed by atoms with van der Waals surface area (Å²) < 4.78 is 5.73. The first-order valence-corrected chi connectivity index (χ1v) is 8.74. The van der Waals surface area contributed by atoms with Crippen LogP contribution in [0.3, 0.4) is 0 Å². The Bertz CT molecular complexity index is 654. The third-order valence-electron chi connectivity index (χ3n) is 5.15. The van der Waals surface area contributed by atoms with Crippen molar-refractivity contribution in [1.82, 2.24) is 15.0 Å². The third-order valence-corrected chi connectivity index (χ3v) is 5.15. The number of nitrogens with zero attached hydrogens (tertiary/aromatic N) is 3. The van der Waals surface area contributed by atoms with Crippen LogP contribution in [-0.2, 0) is 13.0 Å². The standard InChI is InChI=1S/C19H29N3O/c1-14-5-7-16-18(8-6-15-9-11-22(4)12-10-15)20-23-19(16)17(14)13-21(2)3/h5,7,15H,6,8-13H2,1-4H3. The van der Waals surface area contributed by atoms with Gasteiger partial charge >= 0.3 is 0 Å². The second kappa shape index (κ2) is 7.02. The fourth-order valence-corrected chi connectivity index (χ4v) is 3.59. The summed E-state index contributed by atoms with van der Waals surface area (Å²) in [6.45, 7) is 5.51. The van der Waals surface area contributed by atoms with Crippen LogP contribution < -0.4 is 0 Å². The molecule has 1 saturated heterocycles. The quantitative estimate of drug-likeness (QED) is 0.846. The fraction of sp³-hybridized carbons (Fsp3) is 0.632. The maximum atomic E-state index is 5.73. The topological polar surface area (TPSA) is 32.5 Å². The molecule has 4 heteroatoms. The van der Waals surface area contributed by atoms with Crippen molar-refractivity contribution in [2.45, 2.75) is 39.2 Å². The van der Waals surface area contributed by atoms with Crippen molar-refractivity contribution in [3.63, 3.8) is 0 Å². The van der Waals surface area contributed by atoms with Gasteiger partial charge in [0.1, 0.15) is 0 Å². The summed E-state index contributed by atoms with van der Waals surface area (Å²) in [5.41, 5.74) is 4.67. The van der Waals surface area contributed by atoms with Crippen LogP contribution in [-0.4, -0.2) is 49.2 Å². The molecule has 4 nitrogen and oxygen atoms in total. The summed E-state index contributed by atoms with van der Waals surface area (Å²) in [6, 6.07) is 4.39. The molecular weight excluding hydrogens is 286 g/mol. The predicted molar refractivity (Wildman–Crippen MR) is 94.7 cm³/mol. The first-order valence-electron chi connectivity index (χ1n) is 8.74. The van der Waals surface area contributed by atoms with Crippen molar-refractivity contribution in [3.8, 4) is 0 Å². The van der Waals surface area contributed by atoms with E-state index < -0.39 is 0 Å². The van der Waals surface area contributed by atoms with Crippen molar-refractivity contribution in [3.05, 3.63) is 29.0 Å². The van der Waals surface area contributed by atoms with Crippen LogP contribution in [0.4, 0.5) is 0 Å². The van der Waals surface area contributed by atoms with Crippen LogP contribution in [0.1, 0.15) is 36.1 Å². The molecule has 0 atom stereocenters. The maximum Gasteiger partial charge on any atom is 0.171 e. The molecule has 1 aromatic heterocycles. The lowest BCUT2D eigenvalue weighted by Crippen LogP contribution is -2.30. The molecule has 0 N–H and O–H groups in total. The van der Waals surface area contributed by atoms with Crippen LogP contribution in [0, 0.1) is 12.8 Å². The molecule has 0 aliphatic carbocycles. The van der Waals surface area contributed by atoms with E-state index in [0.717, 1.165) is 30.2 Å². The van der Waals surface area contributed by atoms with E-state index in [9.17, 15) is 0 Å². The third kappa shape index (κ3) is 3.75.